The van der Waals surface area contributed by atoms with Crippen molar-refractivity contribution in [2.45, 2.75) is 44.3 Å². The number of hydrogen-bond donors (Lipinski definition) is 1. The minimum atomic E-state index is -4.81. The maximum Gasteiger partial charge on any atom is 0.573 e. The zero-order chi connectivity index (χ0) is 29.3. The molecule has 2 heterocycles. The van der Waals surface area contributed by atoms with E-state index >= 15 is 0 Å². The van der Waals surface area contributed by atoms with Crippen LogP contribution < -0.4 is 14.8 Å². The zero-order valence-electron chi connectivity index (χ0n) is 20.4. The Morgan fingerprint density at radius 3 is 1.88 bits per heavy atom. The van der Waals surface area contributed by atoms with Crippen LogP contribution >= 0.6 is 0 Å². The number of halogens is 6. The van der Waals surface area contributed by atoms with Gasteiger partial charge in [-0.25, -0.2) is 8.42 Å². The lowest BCUT2D eigenvalue weighted by molar-refractivity contribution is -0.275. The number of carbonyl (C=O) groups excluding carboxylic acids is 2. The number of benzene rings is 2. The standard InChI is InChI=1S/C18H16F3NO4S.C8H5F3O2/c19-18(20,21)26-11-6-4-10(5-7-11)15-16-12(2-1-3-14(16)23)22-13-8-9-27(24,25)17(13)15;9-8(10,11)13-7-3-1-6(5-12)2-4-7/h4-7,15,22H,1-3,8-9H2;1-5H. The number of dihydropyridines is 1. The van der Waals surface area contributed by atoms with Crippen molar-refractivity contribution in [1.29, 1.82) is 0 Å². The normalized spacial score (nSPS) is 20.1. The third-order valence-corrected chi connectivity index (χ3v) is 8.15. The van der Waals surface area contributed by atoms with E-state index in [1.807, 2.05) is 0 Å². The van der Waals surface area contributed by atoms with Gasteiger partial charge in [0.05, 0.1) is 16.6 Å². The number of Topliss-reactive ketones (excluding diaryl/α,β-unsaturated/α-hetero) is 1. The van der Waals surface area contributed by atoms with E-state index < -0.39 is 34.2 Å². The number of sulfone groups is 1. The number of aldehydes is 1. The fourth-order valence-corrected chi connectivity index (χ4v) is 6.54. The molecule has 1 N–H and O–H groups in total. The smallest absolute Gasteiger partial charge is 0.406 e. The van der Waals surface area contributed by atoms with Crippen LogP contribution in [0, 0.1) is 0 Å². The van der Waals surface area contributed by atoms with E-state index in [-0.39, 0.29) is 22.2 Å². The highest BCUT2D eigenvalue weighted by Gasteiger charge is 2.44. The van der Waals surface area contributed by atoms with E-state index in [2.05, 4.69) is 14.8 Å². The van der Waals surface area contributed by atoms with Crippen LogP contribution in [0.5, 0.6) is 11.5 Å². The molecule has 1 unspecified atom stereocenters. The number of nitrogens with one attached hydrogen (secondary N) is 1. The molecule has 1 aliphatic carbocycles. The Bertz CT molecular complexity index is 1460. The number of ketones is 1. The minimum absolute atomic E-state index is 0.0365. The van der Waals surface area contributed by atoms with Gasteiger partial charge in [0.15, 0.2) is 15.6 Å². The van der Waals surface area contributed by atoms with Crippen molar-refractivity contribution in [2.75, 3.05) is 5.75 Å². The van der Waals surface area contributed by atoms with Gasteiger partial charge in [0.2, 0.25) is 0 Å². The molecule has 5 rings (SSSR count). The monoisotopic (exact) mass is 589 g/mol. The first-order chi connectivity index (χ1) is 18.7. The summed E-state index contributed by atoms with van der Waals surface area (Å²) in [6.07, 6.45) is -6.96. The first-order valence-electron chi connectivity index (χ1n) is 11.8. The van der Waals surface area contributed by atoms with Crippen LogP contribution in [0.4, 0.5) is 26.3 Å². The predicted molar refractivity (Wildman–Crippen MR) is 129 cm³/mol. The molecule has 214 valence electrons. The number of carbonyl (C=O) groups is 2. The summed E-state index contributed by atoms with van der Waals surface area (Å²) in [5.41, 5.74) is 2.49. The van der Waals surface area contributed by atoms with Crippen molar-refractivity contribution < 1.29 is 53.8 Å². The van der Waals surface area contributed by atoms with Crippen molar-refractivity contribution in [3.63, 3.8) is 0 Å². The summed E-state index contributed by atoms with van der Waals surface area (Å²) in [5, 5.41) is 3.13. The Balaban J connectivity index is 0.000000240. The van der Waals surface area contributed by atoms with Gasteiger partial charge in [0.25, 0.3) is 0 Å². The molecule has 0 bridgehead atoms. The van der Waals surface area contributed by atoms with Crippen LogP contribution in [0.2, 0.25) is 0 Å². The third kappa shape index (κ3) is 6.84. The number of hydrogen-bond acceptors (Lipinski definition) is 7. The van der Waals surface area contributed by atoms with Gasteiger partial charge in [-0.3, -0.25) is 9.59 Å². The Hall–Kier alpha value is -3.81. The Labute approximate surface area is 224 Å². The second kappa shape index (κ2) is 11.0. The van der Waals surface area contributed by atoms with Crippen LogP contribution in [-0.2, 0) is 14.6 Å². The van der Waals surface area contributed by atoms with Crippen LogP contribution in [0.3, 0.4) is 0 Å². The molecule has 14 heteroatoms. The van der Waals surface area contributed by atoms with Crippen molar-refractivity contribution in [3.8, 4) is 11.5 Å². The van der Waals surface area contributed by atoms with Gasteiger partial charge in [0.1, 0.15) is 17.8 Å². The molecule has 0 saturated heterocycles. The lowest BCUT2D eigenvalue weighted by Crippen LogP contribution is -2.32. The van der Waals surface area contributed by atoms with Gasteiger partial charge in [-0.2, -0.15) is 0 Å². The van der Waals surface area contributed by atoms with Crippen LogP contribution in [0.25, 0.3) is 0 Å². The number of ether oxygens (including phenoxy) is 2. The van der Waals surface area contributed by atoms with Crippen molar-refractivity contribution in [3.05, 3.63) is 81.5 Å². The third-order valence-electron chi connectivity index (χ3n) is 6.26. The SMILES string of the molecule is O=C1CCCC2=C1C(c1ccc(OC(F)(F)F)cc1)C1=C(CCS1(=O)=O)N2.O=Cc1ccc(OC(F)(F)F)cc1. The molecule has 3 aliphatic rings. The Morgan fingerprint density at radius 2 is 1.35 bits per heavy atom. The van der Waals surface area contributed by atoms with E-state index in [0.29, 0.717) is 54.4 Å². The summed E-state index contributed by atoms with van der Waals surface area (Å²) in [6.45, 7) is 0. The summed E-state index contributed by atoms with van der Waals surface area (Å²) in [4.78, 5) is 22.9. The predicted octanol–water partition coefficient (Wildman–Crippen LogP) is 5.71. The molecule has 0 fully saturated rings. The molecular weight excluding hydrogens is 568 g/mol. The second-order valence-corrected chi connectivity index (χ2v) is 11.1. The topological polar surface area (TPSA) is 98.8 Å². The molecule has 0 aromatic heterocycles. The number of rotatable bonds is 4. The van der Waals surface area contributed by atoms with E-state index in [9.17, 15) is 44.3 Å². The summed E-state index contributed by atoms with van der Waals surface area (Å²) >= 11 is 0. The van der Waals surface area contributed by atoms with Gasteiger partial charge in [-0.1, -0.05) is 12.1 Å². The van der Waals surface area contributed by atoms with Crippen molar-refractivity contribution in [2.24, 2.45) is 0 Å². The molecule has 2 aromatic rings. The molecule has 2 aliphatic heterocycles. The highest BCUT2D eigenvalue weighted by Crippen LogP contribution is 2.47. The van der Waals surface area contributed by atoms with E-state index in [1.165, 1.54) is 24.3 Å². The minimum Gasteiger partial charge on any atom is -0.406 e. The summed E-state index contributed by atoms with van der Waals surface area (Å²) in [5.74, 6) is -1.67. The van der Waals surface area contributed by atoms with Gasteiger partial charge in [0, 0.05) is 35.4 Å². The van der Waals surface area contributed by atoms with Gasteiger partial charge >= 0.3 is 12.7 Å². The molecule has 40 heavy (non-hydrogen) atoms. The van der Waals surface area contributed by atoms with Crippen molar-refractivity contribution in [1.82, 2.24) is 5.32 Å². The van der Waals surface area contributed by atoms with Crippen LogP contribution in [-0.4, -0.2) is 39.0 Å². The fraction of sp³-hybridized carbons (Fsp3) is 0.308. The summed E-state index contributed by atoms with van der Waals surface area (Å²) < 4.78 is 105. The lowest BCUT2D eigenvalue weighted by atomic mass is 9.79. The zero-order valence-corrected chi connectivity index (χ0v) is 21.3. The van der Waals surface area contributed by atoms with E-state index in [4.69, 9.17) is 0 Å². The van der Waals surface area contributed by atoms with E-state index in [0.717, 1.165) is 30.0 Å². The molecule has 0 amide bonds. The number of alkyl halides is 6. The lowest BCUT2D eigenvalue weighted by Gasteiger charge is -2.33. The van der Waals surface area contributed by atoms with Gasteiger partial charge < -0.3 is 14.8 Å². The molecule has 2 aromatic carbocycles. The maximum atomic E-state index is 12.6. The first-order valence-corrected chi connectivity index (χ1v) is 13.5. The largest absolute Gasteiger partial charge is 0.573 e. The van der Waals surface area contributed by atoms with Crippen LogP contribution in [0.1, 0.15) is 47.5 Å². The second-order valence-electron chi connectivity index (χ2n) is 8.99. The average molecular weight is 590 g/mol. The maximum absolute atomic E-state index is 12.6. The first kappa shape index (κ1) is 29.2. The Kier molecular flexibility index (Phi) is 8.01. The Morgan fingerprint density at radius 1 is 0.800 bits per heavy atom. The summed E-state index contributed by atoms with van der Waals surface area (Å²) in [6, 6.07) is 9.71. The van der Waals surface area contributed by atoms with Crippen molar-refractivity contribution >= 4 is 21.9 Å². The fourth-order valence-electron chi connectivity index (χ4n) is 4.70. The highest BCUT2D eigenvalue weighted by atomic mass is 32.2. The van der Waals surface area contributed by atoms with Gasteiger partial charge in [-0.05, 0) is 54.8 Å². The number of allylic oxidation sites excluding steroid dienone is 4. The molecule has 0 saturated carbocycles. The van der Waals surface area contributed by atoms with E-state index in [1.54, 1.807) is 0 Å². The molecular formula is C26H21F6NO6S. The average Bonchev–Trinajstić information content (AvgIpc) is 3.16. The van der Waals surface area contributed by atoms with Gasteiger partial charge in [-0.15, -0.1) is 26.3 Å². The molecule has 1 atom stereocenters. The molecule has 0 spiro atoms. The molecule has 7 nitrogen and oxygen atoms in total. The molecule has 0 radical (unpaired) electrons. The van der Waals surface area contributed by atoms with Crippen LogP contribution in [0.15, 0.2) is 70.4 Å². The highest BCUT2D eigenvalue weighted by molar-refractivity contribution is 7.95. The quantitative estimate of drug-likeness (QED) is 0.361. The summed E-state index contributed by atoms with van der Waals surface area (Å²) in [7, 11) is -3.54.